The Balaban J connectivity index is 1.86. The van der Waals surface area contributed by atoms with E-state index in [1.54, 1.807) is 4.90 Å². The summed E-state index contributed by atoms with van der Waals surface area (Å²) in [6.45, 7) is 2.70. The summed E-state index contributed by atoms with van der Waals surface area (Å²) in [5.74, 6) is -0.766. The van der Waals surface area contributed by atoms with Crippen LogP contribution in [0.15, 0.2) is 18.2 Å². The van der Waals surface area contributed by atoms with Gasteiger partial charge in [0.25, 0.3) is 5.91 Å². The number of piperazine rings is 1. The monoisotopic (exact) mass is 311 g/mol. The summed E-state index contributed by atoms with van der Waals surface area (Å²) in [6.07, 6.45) is 0. The Morgan fingerprint density at radius 2 is 1.95 bits per heavy atom. The van der Waals surface area contributed by atoms with Crippen LogP contribution >= 0.6 is 11.6 Å². The van der Waals surface area contributed by atoms with E-state index >= 15 is 0 Å². The van der Waals surface area contributed by atoms with Gasteiger partial charge in [0.2, 0.25) is 0 Å². The maximum atomic E-state index is 11.9. The molecule has 0 atom stereocenters. The average Bonchev–Trinajstić information content (AvgIpc) is 2.48. The fourth-order valence-electron chi connectivity index (χ4n) is 2.01. The highest BCUT2D eigenvalue weighted by Gasteiger charge is 2.20. The Morgan fingerprint density at radius 1 is 1.29 bits per heavy atom. The molecule has 1 fully saturated rings. The summed E-state index contributed by atoms with van der Waals surface area (Å²) < 4.78 is 5.02. The second-order valence-electron chi connectivity index (χ2n) is 5.00. The fraction of sp³-hybridized carbons (Fsp3) is 0.429. The predicted octanol–water partition coefficient (Wildman–Crippen LogP) is 0.853. The summed E-state index contributed by atoms with van der Waals surface area (Å²) in [5, 5.41) is 0.287. The molecule has 6 nitrogen and oxygen atoms in total. The van der Waals surface area contributed by atoms with E-state index in [2.05, 4.69) is 4.90 Å². The molecule has 1 aromatic rings. The van der Waals surface area contributed by atoms with Gasteiger partial charge in [-0.1, -0.05) is 11.6 Å². The number of nitrogens with two attached hydrogens (primary N) is 1. The highest BCUT2D eigenvalue weighted by Crippen LogP contribution is 2.20. The lowest BCUT2D eigenvalue weighted by atomic mass is 10.2. The van der Waals surface area contributed by atoms with Crippen LogP contribution in [0.2, 0.25) is 5.02 Å². The second kappa shape index (κ2) is 6.78. The molecule has 2 N–H and O–H groups in total. The minimum atomic E-state index is -0.584. The van der Waals surface area contributed by atoms with Crippen molar-refractivity contribution in [3.05, 3.63) is 28.8 Å². The normalized spacial score (nSPS) is 15.8. The molecule has 114 valence electrons. The Morgan fingerprint density at radius 3 is 2.57 bits per heavy atom. The molecule has 0 radical (unpaired) electrons. The van der Waals surface area contributed by atoms with E-state index in [4.69, 9.17) is 22.1 Å². The van der Waals surface area contributed by atoms with Gasteiger partial charge >= 0.3 is 5.97 Å². The molecule has 0 aromatic heterocycles. The lowest BCUT2D eigenvalue weighted by Crippen LogP contribution is -2.48. The van der Waals surface area contributed by atoms with E-state index in [0.29, 0.717) is 18.8 Å². The van der Waals surface area contributed by atoms with Crippen molar-refractivity contribution < 1.29 is 14.3 Å². The van der Waals surface area contributed by atoms with Crippen molar-refractivity contribution in [3.63, 3.8) is 0 Å². The quantitative estimate of drug-likeness (QED) is 0.661. The molecule has 1 aliphatic heterocycles. The number of amides is 1. The van der Waals surface area contributed by atoms with E-state index in [-0.39, 0.29) is 23.1 Å². The van der Waals surface area contributed by atoms with Crippen LogP contribution in [0.3, 0.4) is 0 Å². The van der Waals surface area contributed by atoms with Crippen LogP contribution in [-0.4, -0.2) is 61.5 Å². The van der Waals surface area contributed by atoms with E-state index < -0.39 is 5.97 Å². The lowest BCUT2D eigenvalue weighted by molar-refractivity contribution is -0.136. The molecule has 1 aliphatic rings. The van der Waals surface area contributed by atoms with Gasteiger partial charge in [-0.15, -0.1) is 0 Å². The standard InChI is InChI=1S/C14H18ClN3O3/c1-17-4-6-18(7-5-17)13(19)9-21-14(20)10-2-3-12(16)11(15)8-10/h2-3,8H,4-7,9,16H2,1H3. The maximum Gasteiger partial charge on any atom is 0.338 e. The van der Waals surface area contributed by atoms with Crippen LogP contribution in [0.4, 0.5) is 5.69 Å². The highest BCUT2D eigenvalue weighted by molar-refractivity contribution is 6.33. The number of carbonyl (C=O) groups excluding carboxylic acids is 2. The number of ether oxygens (including phenoxy) is 1. The minimum Gasteiger partial charge on any atom is -0.452 e. The van der Waals surface area contributed by atoms with Crippen molar-refractivity contribution in [2.75, 3.05) is 45.6 Å². The third-order valence-electron chi connectivity index (χ3n) is 3.42. The molecular weight excluding hydrogens is 294 g/mol. The minimum absolute atomic E-state index is 0.182. The second-order valence-corrected chi connectivity index (χ2v) is 5.40. The van der Waals surface area contributed by atoms with Gasteiger partial charge in [-0.05, 0) is 25.2 Å². The number of carbonyl (C=O) groups is 2. The molecule has 0 aliphatic carbocycles. The van der Waals surface area contributed by atoms with Gasteiger partial charge in [-0.25, -0.2) is 4.79 Å². The maximum absolute atomic E-state index is 11.9. The molecule has 1 heterocycles. The van der Waals surface area contributed by atoms with Gasteiger partial charge in [0.15, 0.2) is 6.61 Å². The summed E-state index contributed by atoms with van der Waals surface area (Å²) in [5.41, 5.74) is 6.24. The van der Waals surface area contributed by atoms with Gasteiger partial charge < -0.3 is 20.3 Å². The lowest BCUT2D eigenvalue weighted by Gasteiger charge is -2.32. The number of likely N-dealkylation sites (N-methyl/N-ethyl adjacent to an activating group) is 1. The van der Waals surface area contributed by atoms with Gasteiger partial charge in [-0.3, -0.25) is 4.79 Å². The van der Waals surface area contributed by atoms with Crippen LogP contribution in [0.5, 0.6) is 0 Å². The smallest absolute Gasteiger partial charge is 0.338 e. The van der Waals surface area contributed by atoms with Crippen molar-refractivity contribution in [2.24, 2.45) is 0 Å². The molecule has 1 saturated heterocycles. The fourth-order valence-corrected chi connectivity index (χ4v) is 2.19. The first-order valence-electron chi connectivity index (χ1n) is 6.66. The number of anilines is 1. The number of esters is 1. The van der Waals surface area contributed by atoms with E-state index in [9.17, 15) is 9.59 Å². The number of rotatable bonds is 3. The zero-order valence-corrected chi connectivity index (χ0v) is 12.6. The van der Waals surface area contributed by atoms with Crippen LogP contribution in [0.1, 0.15) is 10.4 Å². The van der Waals surface area contributed by atoms with Gasteiger partial charge in [0.1, 0.15) is 0 Å². The molecule has 1 amide bonds. The first-order valence-corrected chi connectivity index (χ1v) is 7.03. The molecule has 0 unspecified atom stereocenters. The predicted molar refractivity (Wildman–Crippen MR) is 80.2 cm³/mol. The summed E-state index contributed by atoms with van der Waals surface area (Å²) in [7, 11) is 2.01. The Labute approximate surface area is 128 Å². The van der Waals surface area contributed by atoms with Crippen LogP contribution in [-0.2, 0) is 9.53 Å². The number of nitrogen functional groups attached to an aromatic ring is 1. The largest absolute Gasteiger partial charge is 0.452 e. The zero-order valence-electron chi connectivity index (χ0n) is 11.8. The van der Waals surface area contributed by atoms with Gasteiger partial charge in [0.05, 0.1) is 16.3 Å². The van der Waals surface area contributed by atoms with Crippen molar-refractivity contribution >= 4 is 29.2 Å². The third-order valence-corrected chi connectivity index (χ3v) is 3.75. The van der Waals surface area contributed by atoms with Gasteiger partial charge in [0, 0.05) is 26.2 Å². The highest BCUT2D eigenvalue weighted by atomic mass is 35.5. The molecule has 0 bridgehead atoms. The Kier molecular flexibility index (Phi) is 5.03. The average molecular weight is 312 g/mol. The van der Waals surface area contributed by atoms with Gasteiger partial charge in [-0.2, -0.15) is 0 Å². The van der Waals surface area contributed by atoms with Crippen molar-refractivity contribution in [2.45, 2.75) is 0 Å². The number of nitrogens with zero attached hydrogens (tertiary/aromatic N) is 2. The zero-order chi connectivity index (χ0) is 15.4. The Bertz CT molecular complexity index is 542. The number of hydrogen-bond acceptors (Lipinski definition) is 5. The number of halogens is 1. The molecule has 21 heavy (non-hydrogen) atoms. The van der Waals surface area contributed by atoms with E-state index in [0.717, 1.165) is 13.1 Å². The van der Waals surface area contributed by atoms with Crippen molar-refractivity contribution in [3.8, 4) is 0 Å². The molecule has 7 heteroatoms. The first-order chi connectivity index (χ1) is 9.97. The van der Waals surface area contributed by atoms with Crippen molar-refractivity contribution in [1.82, 2.24) is 9.80 Å². The molecular formula is C14H18ClN3O3. The van der Waals surface area contributed by atoms with Crippen LogP contribution < -0.4 is 5.73 Å². The molecule has 1 aromatic carbocycles. The molecule has 0 spiro atoms. The van der Waals surface area contributed by atoms with Crippen molar-refractivity contribution in [1.29, 1.82) is 0 Å². The van der Waals surface area contributed by atoms with E-state index in [1.807, 2.05) is 7.05 Å². The summed E-state index contributed by atoms with van der Waals surface area (Å²) >= 11 is 5.84. The van der Waals surface area contributed by atoms with Crippen LogP contribution in [0, 0.1) is 0 Å². The number of benzene rings is 1. The third kappa shape index (κ3) is 4.09. The summed E-state index contributed by atoms with van der Waals surface area (Å²) in [4.78, 5) is 27.6. The molecule has 2 rings (SSSR count). The molecule has 0 saturated carbocycles. The Hall–Kier alpha value is -1.79. The first kappa shape index (κ1) is 15.6. The van der Waals surface area contributed by atoms with Crippen LogP contribution in [0.25, 0.3) is 0 Å². The SMILES string of the molecule is CN1CCN(C(=O)COC(=O)c2ccc(N)c(Cl)c2)CC1. The number of hydrogen-bond donors (Lipinski definition) is 1. The topological polar surface area (TPSA) is 75.9 Å². The van der Waals surface area contributed by atoms with E-state index in [1.165, 1.54) is 18.2 Å². The summed E-state index contributed by atoms with van der Waals surface area (Å²) in [6, 6.07) is 4.48.